The van der Waals surface area contributed by atoms with E-state index in [0.29, 0.717) is 0 Å². The Bertz CT molecular complexity index is 548. The average Bonchev–Trinajstić information content (AvgIpc) is 2.62. The fourth-order valence-corrected chi connectivity index (χ4v) is 3.16. The monoisotopic (exact) mass is 351 g/mol. The van der Waals surface area contributed by atoms with E-state index in [9.17, 15) is 4.79 Å². The highest BCUT2D eigenvalue weighted by Gasteiger charge is 2.54. The average molecular weight is 351 g/mol. The van der Waals surface area contributed by atoms with Gasteiger partial charge in [-0.25, -0.2) is 4.79 Å². The van der Waals surface area contributed by atoms with Gasteiger partial charge in [-0.3, -0.25) is 4.90 Å². The Morgan fingerprint density at radius 3 is 2.04 bits per heavy atom. The van der Waals surface area contributed by atoms with Crippen molar-refractivity contribution in [3.05, 3.63) is 11.7 Å². The van der Waals surface area contributed by atoms with E-state index >= 15 is 0 Å². The summed E-state index contributed by atoms with van der Waals surface area (Å²) in [6.45, 7) is 20.2. The molecule has 0 spiro atoms. The third-order valence-corrected chi connectivity index (χ3v) is 5.93. The highest BCUT2D eigenvalue weighted by molar-refractivity contribution is 6.54. The van der Waals surface area contributed by atoms with Crippen molar-refractivity contribution < 1.29 is 18.8 Å². The van der Waals surface area contributed by atoms with Gasteiger partial charge < -0.3 is 14.0 Å². The van der Waals surface area contributed by atoms with Crippen molar-refractivity contribution in [1.29, 1.82) is 0 Å². The van der Waals surface area contributed by atoms with Crippen LogP contribution in [0.5, 0.6) is 0 Å². The van der Waals surface area contributed by atoms with Crippen LogP contribution >= 0.6 is 0 Å². The summed E-state index contributed by atoms with van der Waals surface area (Å²) in [5, 5.41) is 0. The minimum atomic E-state index is -0.526. The molecule has 5 nitrogen and oxygen atoms in total. The molecule has 1 saturated heterocycles. The third-order valence-electron chi connectivity index (χ3n) is 5.93. The van der Waals surface area contributed by atoms with Crippen LogP contribution in [-0.2, 0) is 14.0 Å². The summed E-state index contributed by atoms with van der Waals surface area (Å²) in [5.41, 5.74) is -0.334. The van der Waals surface area contributed by atoms with Gasteiger partial charge in [0.1, 0.15) is 5.60 Å². The van der Waals surface area contributed by atoms with Crippen molar-refractivity contribution in [2.75, 3.05) is 0 Å². The molecular formula is C19H34BNO4. The van der Waals surface area contributed by atoms with Crippen LogP contribution in [0.25, 0.3) is 0 Å². The number of carbonyl (C=O) groups is 1. The predicted octanol–water partition coefficient (Wildman–Crippen LogP) is 4.41. The lowest BCUT2D eigenvalue weighted by Gasteiger charge is -2.41. The molecule has 2 rings (SSSR count). The molecule has 6 heteroatoms. The molecule has 2 heterocycles. The molecule has 0 aromatic heterocycles. The van der Waals surface area contributed by atoms with Gasteiger partial charge in [0.25, 0.3) is 0 Å². The Kier molecular flexibility index (Phi) is 5.12. The van der Waals surface area contributed by atoms with E-state index in [-0.39, 0.29) is 24.0 Å². The third kappa shape index (κ3) is 3.90. The normalized spacial score (nSPS) is 31.8. The molecule has 0 bridgehead atoms. The molecule has 1 fully saturated rings. The molecule has 2 aliphatic heterocycles. The van der Waals surface area contributed by atoms with Crippen LogP contribution < -0.4 is 0 Å². The van der Waals surface area contributed by atoms with Crippen LogP contribution in [0.15, 0.2) is 11.7 Å². The van der Waals surface area contributed by atoms with Crippen LogP contribution in [-0.4, -0.2) is 41.0 Å². The first-order valence-corrected chi connectivity index (χ1v) is 9.25. The van der Waals surface area contributed by atoms with Crippen LogP contribution in [0.1, 0.15) is 69.2 Å². The van der Waals surface area contributed by atoms with Crippen LogP contribution in [0, 0.1) is 11.8 Å². The largest absolute Gasteiger partial charge is 0.492 e. The Balaban J connectivity index is 2.33. The molecule has 142 valence electrons. The second-order valence-corrected chi connectivity index (χ2v) is 9.49. The summed E-state index contributed by atoms with van der Waals surface area (Å²) in [6, 6.07) is 0.0519. The number of nitrogens with zero attached hydrogens (tertiary/aromatic N) is 1. The van der Waals surface area contributed by atoms with E-state index in [1.165, 1.54) is 0 Å². The molecular weight excluding hydrogens is 317 g/mol. The summed E-state index contributed by atoms with van der Waals surface area (Å²) < 4.78 is 18.0. The molecule has 0 aliphatic carbocycles. The summed E-state index contributed by atoms with van der Waals surface area (Å²) in [5.74, 6) is 0.523. The number of hydrogen-bond acceptors (Lipinski definition) is 4. The maximum Gasteiger partial charge on any atom is 0.492 e. The Morgan fingerprint density at radius 2 is 1.60 bits per heavy atom. The molecule has 3 atom stereocenters. The van der Waals surface area contributed by atoms with Crippen molar-refractivity contribution in [2.24, 2.45) is 11.8 Å². The number of allylic oxidation sites excluding steroid dienone is 1. The van der Waals surface area contributed by atoms with E-state index in [4.69, 9.17) is 14.0 Å². The van der Waals surface area contributed by atoms with Crippen molar-refractivity contribution in [3.63, 3.8) is 0 Å². The first-order valence-electron chi connectivity index (χ1n) is 9.25. The lowest BCUT2D eigenvalue weighted by molar-refractivity contribution is 0.00578. The first kappa shape index (κ1) is 20.3. The van der Waals surface area contributed by atoms with E-state index in [1.807, 2.05) is 54.7 Å². The second kappa shape index (κ2) is 6.31. The molecule has 25 heavy (non-hydrogen) atoms. The maximum atomic E-state index is 12.7. The zero-order valence-corrected chi connectivity index (χ0v) is 17.5. The number of rotatable bonds is 1. The smallest absolute Gasteiger partial charge is 0.443 e. The van der Waals surface area contributed by atoms with Crippen LogP contribution in [0.2, 0.25) is 0 Å². The molecule has 0 aromatic carbocycles. The van der Waals surface area contributed by atoms with E-state index in [1.54, 1.807) is 4.90 Å². The summed E-state index contributed by atoms with van der Waals surface area (Å²) in [7, 11) is -0.445. The second-order valence-electron chi connectivity index (χ2n) is 9.49. The Labute approximate surface area is 153 Å². The fraction of sp³-hybridized carbons (Fsp3) is 0.842. The fourth-order valence-electron chi connectivity index (χ4n) is 3.16. The number of hydrogen-bond donors (Lipinski definition) is 0. The van der Waals surface area contributed by atoms with Crippen molar-refractivity contribution in [1.82, 2.24) is 4.90 Å². The first-order chi connectivity index (χ1) is 11.2. The quantitative estimate of drug-likeness (QED) is 0.657. The topological polar surface area (TPSA) is 48.0 Å². The Morgan fingerprint density at radius 1 is 1.12 bits per heavy atom. The SMILES string of the molecule is CC1C(B2OC(C)(C)C(C)(C)O2)=CN(C(=O)OC(C)(C)C)C(C)C1C. The standard InChI is InChI=1S/C19H34BNO4/c1-12-13(2)15(20-24-18(7,8)19(9,10)25-20)11-21(14(12)3)16(22)23-17(4,5)6/h11-14H,1-10H3. The predicted molar refractivity (Wildman–Crippen MR) is 100 cm³/mol. The number of amides is 1. The minimum Gasteiger partial charge on any atom is -0.443 e. The van der Waals surface area contributed by atoms with Gasteiger partial charge in [-0.1, -0.05) is 13.8 Å². The summed E-state index contributed by atoms with van der Waals surface area (Å²) in [4.78, 5) is 14.4. The van der Waals surface area contributed by atoms with Gasteiger partial charge in [-0.15, -0.1) is 0 Å². The zero-order chi connectivity index (χ0) is 19.4. The van der Waals surface area contributed by atoms with Gasteiger partial charge in [0, 0.05) is 12.2 Å². The highest BCUT2D eigenvalue weighted by atomic mass is 16.7. The number of ether oxygens (including phenoxy) is 1. The minimum absolute atomic E-state index is 0.0519. The zero-order valence-electron chi connectivity index (χ0n) is 17.5. The van der Waals surface area contributed by atoms with Crippen molar-refractivity contribution in [2.45, 2.75) is 92.1 Å². The van der Waals surface area contributed by atoms with Gasteiger partial charge in [-0.2, -0.15) is 0 Å². The molecule has 0 N–H and O–H groups in total. The van der Waals surface area contributed by atoms with Crippen LogP contribution in [0.3, 0.4) is 0 Å². The van der Waals surface area contributed by atoms with E-state index in [0.717, 1.165) is 5.47 Å². The maximum absolute atomic E-state index is 12.7. The van der Waals surface area contributed by atoms with Crippen molar-refractivity contribution >= 4 is 13.2 Å². The van der Waals surface area contributed by atoms with E-state index < -0.39 is 23.9 Å². The van der Waals surface area contributed by atoms with Gasteiger partial charge in [0.05, 0.1) is 11.2 Å². The Hall–Kier alpha value is -1.01. The molecule has 0 saturated carbocycles. The summed E-state index contributed by atoms with van der Waals surface area (Å²) >= 11 is 0. The molecule has 3 unspecified atom stereocenters. The van der Waals surface area contributed by atoms with Crippen molar-refractivity contribution in [3.8, 4) is 0 Å². The van der Waals surface area contributed by atoms with Gasteiger partial charge in [0.15, 0.2) is 0 Å². The van der Waals surface area contributed by atoms with Gasteiger partial charge in [-0.05, 0) is 72.7 Å². The molecule has 1 amide bonds. The molecule has 0 radical (unpaired) electrons. The lowest BCUT2D eigenvalue weighted by Crippen LogP contribution is -2.48. The summed E-state index contributed by atoms with van der Waals surface area (Å²) in [6.07, 6.45) is 1.55. The molecule has 0 aromatic rings. The van der Waals surface area contributed by atoms with E-state index in [2.05, 4.69) is 20.8 Å². The van der Waals surface area contributed by atoms with Crippen LogP contribution in [0.4, 0.5) is 4.79 Å². The molecule has 2 aliphatic rings. The van der Waals surface area contributed by atoms with Gasteiger partial charge >= 0.3 is 13.2 Å². The highest BCUT2D eigenvalue weighted by Crippen LogP contribution is 2.43. The number of carbonyl (C=O) groups excluding carboxylic acids is 1. The lowest BCUT2D eigenvalue weighted by atomic mass is 9.65. The van der Waals surface area contributed by atoms with Gasteiger partial charge in [0.2, 0.25) is 0 Å².